The third-order valence-electron chi connectivity index (χ3n) is 3.35. The standard InChI is InChI=1S/C13H20ClNOS/c1-10(2)9-15-6-4-13(16,5-7-15)12-11(14)3-8-17-12/h3,8,10,16H,4-7,9H2,1-2H3. The molecule has 1 N–H and O–H groups in total. The highest BCUT2D eigenvalue weighted by atomic mass is 35.5. The lowest BCUT2D eigenvalue weighted by atomic mass is 9.89. The van der Waals surface area contributed by atoms with Gasteiger partial charge in [0.2, 0.25) is 0 Å². The second-order valence-electron chi connectivity index (χ2n) is 5.32. The molecule has 0 spiro atoms. The zero-order valence-electron chi connectivity index (χ0n) is 10.4. The van der Waals surface area contributed by atoms with Crippen LogP contribution >= 0.6 is 22.9 Å². The van der Waals surface area contributed by atoms with Gasteiger partial charge >= 0.3 is 0 Å². The second-order valence-corrected chi connectivity index (χ2v) is 6.65. The van der Waals surface area contributed by atoms with Crippen LogP contribution < -0.4 is 0 Å². The quantitative estimate of drug-likeness (QED) is 0.913. The van der Waals surface area contributed by atoms with Gasteiger partial charge in [0, 0.05) is 19.6 Å². The van der Waals surface area contributed by atoms with Crippen LogP contribution in [0.1, 0.15) is 31.6 Å². The number of nitrogens with zero attached hydrogens (tertiary/aromatic N) is 1. The maximum absolute atomic E-state index is 10.7. The van der Waals surface area contributed by atoms with E-state index in [0.29, 0.717) is 5.92 Å². The van der Waals surface area contributed by atoms with Crippen molar-refractivity contribution in [2.45, 2.75) is 32.3 Å². The summed E-state index contributed by atoms with van der Waals surface area (Å²) >= 11 is 7.69. The van der Waals surface area contributed by atoms with Crippen LogP contribution in [-0.2, 0) is 5.60 Å². The molecule has 0 radical (unpaired) electrons. The Hall–Kier alpha value is -0.0900. The summed E-state index contributed by atoms with van der Waals surface area (Å²) in [6, 6.07) is 1.88. The van der Waals surface area contributed by atoms with Crippen molar-refractivity contribution < 1.29 is 5.11 Å². The largest absolute Gasteiger partial charge is 0.384 e. The van der Waals surface area contributed by atoms with Crippen LogP contribution in [0.2, 0.25) is 5.02 Å². The maximum Gasteiger partial charge on any atom is 0.103 e. The fraction of sp³-hybridized carbons (Fsp3) is 0.692. The van der Waals surface area contributed by atoms with Gasteiger partial charge < -0.3 is 10.0 Å². The van der Waals surface area contributed by atoms with Gasteiger partial charge in [-0.25, -0.2) is 0 Å². The molecule has 0 saturated carbocycles. The van der Waals surface area contributed by atoms with E-state index in [0.717, 1.165) is 42.4 Å². The van der Waals surface area contributed by atoms with Crippen LogP contribution in [-0.4, -0.2) is 29.6 Å². The maximum atomic E-state index is 10.7. The fourth-order valence-corrected chi connectivity index (χ4v) is 3.87. The predicted octanol–water partition coefficient (Wildman–Crippen LogP) is 3.34. The highest BCUT2D eigenvalue weighted by Crippen LogP contribution is 2.40. The van der Waals surface area contributed by atoms with E-state index in [1.165, 1.54) is 0 Å². The highest BCUT2D eigenvalue weighted by molar-refractivity contribution is 7.10. The molecule has 4 heteroatoms. The summed E-state index contributed by atoms with van der Waals surface area (Å²) in [4.78, 5) is 3.38. The first-order chi connectivity index (χ1) is 8.01. The number of hydrogen-bond donors (Lipinski definition) is 1. The van der Waals surface area contributed by atoms with E-state index < -0.39 is 5.60 Å². The number of halogens is 1. The van der Waals surface area contributed by atoms with Crippen molar-refractivity contribution in [2.24, 2.45) is 5.92 Å². The summed E-state index contributed by atoms with van der Waals surface area (Å²) in [6.45, 7) is 7.51. The Morgan fingerprint density at radius 3 is 2.59 bits per heavy atom. The molecule has 1 aromatic rings. The van der Waals surface area contributed by atoms with Crippen molar-refractivity contribution in [1.29, 1.82) is 0 Å². The number of likely N-dealkylation sites (tertiary alicyclic amines) is 1. The first-order valence-corrected chi connectivity index (χ1v) is 7.45. The molecule has 1 aliphatic rings. The molecule has 0 aliphatic carbocycles. The second kappa shape index (κ2) is 5.27. The Morgan fingerprint density at radius 2 is 2.12 bits per heavy atom. The molecule has 0 unspecified atom stereocenters. The number of piperidine rings is 1. The van der Waals surface area contributed by atoms with E-state index in [2.05, 4.69) is 18.7 Å². The lowest BCUT2D eigenvalue weighted by Crippen LogP contribution is -2.43. The Bertz CT molecular complexity index is 369. The van der Waals surface area contributed by atoms with Gasteiger partial charge in [0.05, 0.1) is 9.90 Å². The molecule has 2 heterocycles. The molecular formula is C13H20ClNOS. The van der Waals surface area contributed by atoms with Gasteiger partial charge in [0.15, 0.2) is 0 Å². The van der Waals surface area contributed by atoms with Crippen LogP contribution in [0.4, 0.5) is 0 Å². The third kappa shape index (κ3) is 3.02. The Kier molecular flexibility index (Phi) is 4.14. The molecule has 0 atom stereocenters. The van der Waals surface area contributed by atoms with Crippen LogP contribution in [0.15, 0.2) is 11.4 Å². The molecule has 1 aliphatic heterocycles. The third-order valence-corrected chi connectivity index (χ3v) is 4.88. The van der Waals surface area contributed by atoms with E-state index >= 15 is 0 Å². The Balaban J connectivity index is 2.00. The summed E-state index contributed by atoms with van der Waals surface area (Å²) in [5.74, 6) is 0.687. The smallest absolute Gasteiger partial charge is 0.103 e. The normalized spacial score (nSPS) is 21.0. The molecule has 0 aromatic carbocycles. The minimum absolute atomic E-state index is 0.687. The van der Waals surface area contributed by atoms with Gasteiger partial charge in [-0.1, -0.05) is 25.4 Å². The summed E-state index contributed by atoms with van der Waals surface area (Å²) in [6.07, 6.45) is 1.58. The molecule has 2 nitrogen and oxygen atoms in total. The van der Waals surface area contributed by atoms with Gasteiger partial charge in [0.25, 0.3) is 0 Å². The first-order valence-electron chi connectivity index (χ1n) is 6.19. The van der Waals surface area contributed by atoms with Crippen molar-refractivity contribution >= 4 is 22.9 Å². The lowest BCUT2D eigenvalue weighted by Gasteiger charge is -2.38. The molecule has 1 fully saturated rings. The average Bonchev–Trinajstić information content (AvgIpc) is 2.68. The van der Waals surface area contributed by atoms with Crippen LogP contribution in [0.25, 0.3) is 0 Å². The summed E-state index contributed by atoms with van der Waals surface area (Å²) in [5, 5.41) is 13.3. The minimum Gasteiger partial charge on any atom is -0.384 e. The van der Waals surface area contributed by atoms with Crippen molar-refractivity contribution in [1.82, 2.24) is 4.90 Å². The highest BCUT2D eigenvalue weighted by Gasteiger charge is 2.36. The van der Waals surface area contributed by atoms with Gasteiger partial charge in [-0.3, -0.25) is 0 Å². The average molecular weight is 274 g/mol. The lowest BCUT2D eigenvalue weighted by molar-refractivity contribution is -0.0249. The van der Waals surface area contributed by atoms with E-state index in [1.54, 1.807) is 11.3 Å². The molecule has 0 amide bonds. The number of aliphatic hydroxyl groups is 1. The van der Waals surface area contributed by atoms with Crippen LogP contribution in [0.3, 0.4) is 0 Å². The Morgan fingerprint density at radius 1 is 1.47 bits per heavy atom. The number of rotatable bonds is 3. The van der Waals surface area contributed by atoms with Crippen molar-refractivity contribution in [3.05, 3.63) is 21.3 Å². The number of hydrogen-bond acceptors (Lipinski definition) is 3. The SMILES string of the molecule is CC(C)CN1CCC(O)(c2sccc2Cl)CC1. The monoisotopic (exact) mass is 273 g/mol. The zero-order valence-corrected chi connectivity index (χ0v) is 12.0. The van der Waals surface area contributed by atoms with Crippen molar-refractivity contribution in [3.8, 4) is 0 Å². The zero-order chi connectivity index (χ0) is 12.5. The summed E-state index contributed by atoms with van der Waals surface area (Å²) in [7, 11) is 0. The topological polar surface area (TPSA) is 23.5 Å². The fourth-order valence-electron chi connectivity index (χ4n) is 2.47. The van der Waals surface area contributed by atoms with Crippen molar-refractivity contribution in [2.75, 3.05) is 19.6 Å². The van der Waals surface area contributed by atoms with E-state index in [4.69, 9.17) is 11.6 Å². The molecule has 0 bridgehead atoms. The number of thiophene rings is 1. The first kappa shape index (κ1) is 13.3. The Labute approximate surface area is 112 Å². The van der Waals surface area contributed by atoms with Gasteiger partial charge in [-0.2, -0.15) is 0 Å². The van der Waals surface area contributed by atoms with Gasteiger partial charge in [-0.05, 0) is 30.2 Å². The molecular weight excluding hydrogens is 254 g/mol. The van der Waals surface area contributed by atoms with Crippen LogP contribution in [0.5, 0.6) is 0 Å². The molecule has 1 aromatic heterocycles. The summed E-state index contributed by atoms with van der Waals surface area (Å²) < 4.78 is 0. The van der Waals surface area contributed by atoms with Crippen LogP contribution in [0, 0.1) is 5.92 Å². The molecule has 1 saturated heterocycles. The molecule has 96 valence electrons. The van der Waals surface area contributed by atoms with E-state index in [9.17, 15) is 5.11 Å². The molecule has 2 rings (SSSR count). The minimum atomic E-state index is -0.696. The van der Waals surface area contributed by atoms with E-state index in [-0.39, 0.29) is 0 Å². The van der Waals surface area contributed by atoms with Gasteiger partial charge in [0.1, 0.15) is 5.60 Å². The predicted molar refractivity (Wildman–Crippen MR) is 73.7 cm³/mol. The van der Waals surface area contributed by atoms with Crippen molar-refractivity contribution in [3.63, 3.8) is 0 Å². The summed E-state index contributed by atoms with van der Waals surface area (Å²) in [5.41, 5.74) is -0.696. The molecule has 17 heavy (non-hydrogen) atoms. The van der Waals surface area contributed by atoms with E-state index in [1.807, 2.05) is 11.4 Å². The van der Waals surface area contributed by atoms with Gasteiger partial charge in [-0.15, -0.1) is 11.3 Å².